The Morgan fingerprint density at radius 1 is 1.29 bits per heavy atom. The van der Waals surface area contributed by atoms with E-state index >= 15 is 0 Å². The molecule has 1 atom stereocenters. The van der Waals surface area contributed by atoms with Gasteiger partial charge in [-0.2, -0.15) is 0 Å². The minimum atomic E-state index is -0.349. The van der Waals surface area contributed by atoms with Crippen LogP contribution in [0.5, 0.6) is 11.5 Å². The Morgan fingerprint density at radius 3 is 2.96 bits per heavy atom. The molecule has 1 aliphatic rings. The Kier molecular flexibility index (Phi) is 5.61. The van der Waals surface area contributed by atoms with Crippen molar-refractivity contribution in [3.8, 4) is 11.5 Å². The highest BCUT2D eigenvalue weighted by atomic mass is 19.1. The normalized spacial score (nSPS) is 17.0. The zero-order valence-corrected chi connectivity index (χ0v) is 13.7. The molecule has 2 N–H and O–H groups in total. The van der Waals surface area contributed by atoms with Gasteiger partial charge in [-0.25, -0.2) is 4.39 Å². The van der Waals surface area contributed by atoms with Gasteiger partial charge in [-0.1, -0.05) is 6.07 Å². The van der Waals surface area contributed by atoms with Gasteiger partial charge in [0, 0.05) is 31.4 Å². The third-order valence-electron chi connectivity index (χ3n) is 4.04. The number of nitrogens with one attached hydrogen (secondary N) is 2. The van der Waals surface area contributed by atoms with Gasteiger partial charge in [0.15, 0.2) is 11.6 Å². The molecule has 0 bridgehead atoms. The molecule has 0 radical (unpaired) electrons. The van der Waals surface area contributed by atoms with Crippen LogP contribution in [0.4, 0.5) is 4.39 Å². The molecule has 0 aliphatic carbocycles. The lowest BCUT2D eigenvalue weighted by atomic mass is 10.2. The van der Waals surface area contributed by atoms with Crippen molar-refractivity contribution in [3.05, 3.63) is 53.6 Å². The van der Waals surface area contributed by atoms with Crippen LogP contribution in [0.15, 0.2) is 36.7 Å². The highest BCUT2D eigenvalue weighted by molar-refractivity contribution is 5.31. The molecule has 2 aromatic rings. The molecule has 5 nitrogen and oxygen atoms in total. The van der Waals surface area contributed by atoms with Gasteiger partial charge in [-0.3, -0.25) is 4.98 Å². The topological polar surface area (TPSA) is 55.4 Å². The molecule has 0 saturated carbocycles. The van der Waals surface area contributed by atoms with Crippen LogP contribution in [0.3, 0.4) is 0 Å². The standard InChI is InChI=1S/C18H22FN3O2/c1-23-17-3-2-13(8-16(17)19)9-22-10-14-4-6-21-12-18(14)24-15-5-7-20-11-15/h2-4,6,8,12,15,20,22H,5,7,9-11H2,1H3/t15-/m0/s1. The highest BCUT2D eigenvalue weighted by Gasteiger charge is 2.17. The number of rotatable bonds is 7. The first-order chi connectivity index (χ1) is 11.8. The van der Waals surface area contributed by atoms with Crippen LogP contribution in [0, 0.1) is 5.82 Å². The van der Waals surface area contributed by atoms with Crippen molar-refractivity contribution in [1.29, 1.82) is 0 Å². The van der Waals surface area contributed by atoms with E-state index in [-0.39, 0.29) is 17.7 Å². The number of methoxy groups -OCH3 is 1. The average Bonchev–Trinajstić information content (AvgIpc) is 3.10. The van der Waals surface area contributed by atoms with Crippen LogP contribution in [0.25, 0.3) is 0 Å². The number of benzene rings is 1. The van der Waals surface area contributed by atoms with E-state index < -0.39 is 0 Å². The predicted molar refractivity (Wildman–Crippen MR) is 89.6 cm³/mol. The molecule has 1 aromatic heterocycles. The second-order valence-corrected chi connectivity index (χ2v) is 5.79. The van der Waals surface area contributed by atoms with Crippen molar-refractivity contribution in [3.63, 3.8) is 0 Å². The van der Waals surface area contributed by atoms with Crippen molar-refractivity contribution >= 4 is 0 Å². The number of hydrogen-bond acceptors (Lipinski definition) is 5. The summed E-state index contributed by atoms with van der Waals surface area (Å²) in [6, 6.07) is 6.92. The largest absolute Gasteiger partial charge is 0.494 e. The molecule has 128 valence electrons. The van der Waals surface area contributed by atoms with E-state index in [9.17, 15) is 4.39 Å². The molecule has 1 aliphatic heterocycles. The lowest BCUT2D eigenvalue weighted by molar-refractivity contribution is 0.219. The minimum Gasteiger partial charge on any atom is -0.494 e. The Bertz CT molecular complexity index is 675. The summed E-state index contributed by atoms with van der Waals surface area (Å²) in [7, 11) is 1.46. The summed E-state index contributed by atoms with van der Waals surface area (Å²) >= 11 is 0. The van der Waals surface area contributed by atoms with Crippen molar-refractivity contribution in [2.75, 3.05) is 20.2 Å². The minimum absolute atomic E-state index is 0.198. The smallest absolute Gasteiger partial charge is 0.165 e. The first kappa shape index (κ1) is 16.7. The molecular weight excluding hydrogens is 309 g/mol. The SMILES string of the molecule is COc1ccc(CNCc2ccncc2O[C@H]2CCNC2)cc1F. The quantitative estimate of drug-likeness (QED) is 0.815. The molecular formula is C18H22FN3O2. The fourth-order valence-electron chi connectivity index (χ4n) is 2.73. The Morgan fingerprint density at radius 2 is 2.21 bits per heavy atom. The maximum absolute atomic E-state index is 13.7. The van der Waals surface area contributed by atoms with Gasteiger partial charge in [-0.05, 0) is 36.7 Å². The van der Waals surface area contributed by atoms with E-state index in [1.54, 1.807) is 18.5 Å². The number of hydrogen-bond donors (Lipinski definition) is 2. The molecule has 1 saturated heterocycles. The second-order valence-electron chi connectivity index (χ2n) is 5.79. The van der Waals surface area contributed by atoms with Crippen molar-refractivity contribution < 1.29 is 13.9 Å². The number of ether oxygens (including phenoxy) is 2. The van der Waals surface area contributed by atoms with Crippen LogP contribution in [0.2, 0.25) is 0 Å². The Labute approximate surface area is 141 Å². The van der Waals surface area contributed by atoms with Crippen LogP contribution in [-0.4, -0.2) is 31.3 Å². The van der Waals surface area contributed by atoms with Gasteiger partial charge < -0.3 is 20.1 Å². The first-order valence-electron chi connectivity index (χ1n) is 8.09. The summed E-state index contributed by atoms with van der Waals surface area (Å²) < 4.78 is 24.7. The van der Waals surface area contributed by atoms with E-state index in [0.717, 1.165) is 36.4 Å². The van der Waals surface area contributed by atoms with E-state index in [1.807, 2.05) is 12.1 Å². The molecule has 1 fully saturated rings. The summed E-state index contributed by atoms with van der Waals surface area (Å²) in [5.74, 6) is 0.715. The maximum atomic E-state index is 13.7. The fourth-order valence-corrected chi connectivity index (χ4v) is 2.73. The monoisotopic (exact) mass is 331 g/mol. The summed E-state index contributed by atoms with van der Waals surface area (Å²) in [6.07, 6.45) is 4.71. The van der Waals surface area contributed by atoms with Gasteiger partial charge in [0.2, 0.25) is 0 Å². The maximum Gasteiger partial charge on any atom is 0.165 e. The van der Waals surface area contributed by atoms with Crippen molar-refractivity contribution in [2.24, 2.45) is 0 Å². The van der Waals surface area contributed by atoms with Gasteiger partial charge in [0.05, 0.1) is 13.3 Å². The molecule has 6 heteroatoms. The molecule has 3 rings (SSSR count). The third-order valence-corrected chi connectivity index (χ3v) is 4.04. The first-order valence-corrected chi connectivity index (χ1v) is 8.09. The molecule has 0 unspecified atom stereocenters. The lowest BCUT2D eigenvalue weighted by Crippen LogP contribution is -2.21. The third kappa shape index (κ3) is 4.21. The Hall–Kier alpha value is -2.18. The summed E-state index contributed by atoms with van der Waals surface area (Å²) in [5, 5.41) is 6.60. The predicted octanol–water partition coefficient (Wildman–Crippen LogP) is 2.26. The summed E-state index contributed by atoms with van der Waals surface area (Å²) in [4.78, 5) is 4.15. The van der Waals surface area contributed by atoms with Gasteiger partial charge in [-0.15, -0.1) is 0 Å². The Balaban J connectivity index is 1.57. The number of nitrogens with zero attached hydrogens (tertiary/aromatic N) is 1. The molecule has 1 aromatic carbocycles. The molecule has 2 heterocycles. The summed E-state index contributed by atoms with van der Waals surface area (Å²) in [6.45, 7) is 3.05. The van der Waals surface area contributed by atoms with E-state index in [2.05, 4.69) is 15.6 Å². The van der Waals surface area contributed by atoms with Gasteiger partial charge >= 0.3 is 0 Å². The van der Waals surface area contributed by atoms with E-state index in [0.29, 0.717) is 13.1 Å². The van der Waals surface area contributed by atoms with Crippen LogP contribution in [-0.2, 0) is 13.1 Å². The van der Waals surface area contributed by atoms with Crippen LogP contribution >= 0.6 is 0 Å². The van der Waals surface area contributed by atoms with Crippen molar-refractivity contribution in [1.82, 2.24) is 15.6 Å². The summed E-state index contributed by atoms with van der Waals surface area (Å²) in [5.41, 5.74) is 1.91. The molecule has 0 spiro atoms. The molecule has 24 heavy (non-hydrogen) atoms. The van der Waals surface area contributed by atoms with E-state index in [4.69, 9.17) is 9.47 Å². The van der Waals surface area contributed by atoms with E-state index in [1.165, 1.54) is 13.2 Å². The average molecular weight is 331 g/mol. The molecule has 0 amide bonds. The second kappa shape index (κ2) is 8.08. The lowest BCUT2D eigenvalue weighted by Gasteiger charge is -2.16. The fraction of sp³-hybridized carbons (Fsp3) is 0.389. The highest BCUT2D eigenvalue weighted by Crippen LogP contribution is 2.20. The number of pyridine rings is 1. The van der Waals surface area contributed by atoms with Gasteiger partial charge in [0.25, 0.3) is 0 Å². The van der Waals surface area contributed by atoms with Crippen LogP contribution in [0.1, 0.15) is 17.5 Å². The van der Waals surface area contributed by atoms with Gasteiger partial charge in [0.1, 0.15) is 11.9 Å². The number of aromatic nitrogens is 1. The van der Waals surface area contributed by atoms with Crippen molar-refractivity contribution in [2.45, 2.75) is 25.6 Å². The zero-order valence-electron chi connectivity index (χ0n) is 13.7. The number of halogens is 1. The van der Waals surface area contributed by atoms with Crippen LogP contribution < -0.4 is 20.1 Å². The zero-order chi connectivity index (χ0) is 16.8.